The van der Waals surface area contributed by atoms with Crippen LogP contribution in [0.5, 0.6) is 0 Å². The highest BCUT2D eigenvalue weighted by Gasteiger charge is 2.27. The van der Waals surface area contributed by atoms with Gasteiger partial charge >= 0.3 is 0 Å². The smallest absolute Gasteiger partial charge is 0.0361 e. The molecule has 1 aromatic carbocycles. The molecule has 1 aliphatic rings. The van der Waals surface area contributed by atoms with Gasteiger partial charge in [0, 0.05) is 25.8 Å². The minimum atomic E-state index is 0.527. The minimum Gasteiger partial charge on any atom is -0.378 e. The van der Waals surface area contributed by atoms with E-state index in [2.05, 4.69) is 62.4 Å². The molecule has 0 aliphatic heterocycles. The third-order valence-corrected chi connectivity index (χ3v) is 4.64. The Kier molecular flexibility index (Phi) is 5.47. The third kappa shape index (κ3) is 3.76. The molecule has 112 valence electrons. The van der Waals surface area contributed by atoms with Gasteiger partial charge in [0.05, 0.1) is 0 Å². The normalized spacial score (nSPS) is 24.4. The van der Waals surface area contributed by atoms with Crippen molar-refractivity contribution in [3.8, 4) is 0 Å². The van der Waals surface area contributed by atoms with Crippen LogP contribution < -0.4 is 10.2 Å². The van der Waals surface area contributed by atoms with Gasteiger partial charge in [-0.25, -0.2) is 0 Å². The summed E-state index contributed by atoms with van der Waals surface area (Å²) in [5, 5.41) is 3.72. The van der Waals surface area contributed by atoms with Crippen molar-refractivity contribution in [3.63, 3.8) is 0 Å². The average Bonchev–Trinajstić information content (AvgIpc) is 2.45. The summed E-state index contributed by atoms with van der Waals surface area (Å²) >= 11 is 0. The van der Waals surface area contributed by atoms with Crippen LogP contribution in [-0.4, -0.2) is 20.6 Å². The zero-order valence-electron chi connectivity index (χ0n) is 13.5. The topological polar surface area (TPSA) is 15.3 Å². The van der Waals surface area contributed by atoms with Gasteiger partial charge in [-0.15, -0.1) is 0 Å². The van der Waals surface area contributed by atoms with E-state index < -0.39 is 0 Å². The van der Waals surface area contributed by atoms with Crippen molar-refractivity contribution in [1.82, 2.24) is 5.32 Å². The molecule has 0 amide bonds. The molecule has 3 atom stereocenters. The van der Waals surface area contributed by atoms with Gasteiger partial charge < -0.3 is 10.2 Å². The average molecular weight is 274 g/mol. The first-order chi connectivity index (χ1) is 9.61. The molecule has 1 aliphatic carbocycles. The fourth-order valence-corrected chi connectivity index (χ4v) is 3.54. The predicted octanol–water partition coefficient (Wildman–Crippen LogP) is 4.23. The van der Waals surface area contributed by atoms with E-state index in [1.165, 1.54) is 36.9 Å². The molecule has 0 heterocycles. The summed E-state index contributed by atoms with van der Waals surface area (Å²) in [7, 11) is 4.19. The van der Waals surface area contributed by atoms with E-state index >= 15 is 0 Å². The molecular formula is C18H30N2. The van der Waals surface area contributed by atoms with Crippen molar-refractivity contribution < 1.29 is 0 Å². The molecule has 20 heavy (non-hydrogen) atoms. The molecule has 1 N–H and O–H groups in total. The van der Waals surface area contributed by atoms with E-state index in [1.807, 2.05) is 0 Å². The van der Waals surface area contributed by atoms with Crippen LogP contribution in [0.2, 0.25) is 0 Å². The Bertz CT molecular complexity index is 396. The Hall–Kier alpha value is -1.02. The standard InChI is InChI=1S/C18H30N2/c1-5-19-18(16-8-6-7-14(2)13-16)15-9-11-17(12-10-15)20(3)4/h9-12,14,16,18-19H,5-8,13H2,1-4H3. The summed E-state index contributed by atoms with van der Waals surface area (Å²) in [5.41, 5.74) is 2.73. The molecule has 0 bridgehead atoms. The Morgan fingerprint density at radius 1 is 1.20 bits per heavy atom. The van der Waals surface area contributed by atoms with Crippen molar-refractivity contribution in [2.45, 2.75) is 45.6 Å². The van der Waals surface area contributed by atoms with Gasteiger partial charge in [-0.1, -0.05) is 38.8 Å². The predicted molar refractivity (Wildman–Crippen MR) is 88.3 cm³/mol. The summed E-state index contributed by atoms with van der Waals surface area (Å²) < 4.78 is 0. The van der Waals surface area contributed by atoms with Gasteiger partial charge in [0.15, 0.2) is 0 Å². The van der Waals surface area contributed by atoms with E-state index in [0.717, 1.165) is 18.4 Å². The van der Waals surface area contributed by atoms with Crippen LogP contribution >= 0.6 is 0 Å². The van der Waals surface area contributed by atoms with Gasteiger partial charge in [0.2, 0.25) is 0 Å². The Morgan fingerprint density at radius 3 is 2.45 bits per heavy atom. The minimum absolute atomic E-state index is 0.527. The molecule has 2 rings (SSSR count). The number of hydrogen-bond donors (Lipinski definition) is 1. The molecule has 2 heteroatoms. The van der Waals surface area contributed by atoms with Gasteiger partial charge in [-0.3, -0.25) is 0 Å². The second-order valence-electron chi connectivity index (χ2n) is 6.55. The number of anilines is 1. The fourth-order valence-electron chi connectivity index (χ4n) is 3.54. The highest BCUT2D eigenvalue weighted by molar-refractivity contribution is 5.46. The lowest BCUT2D eigenvalue weighted by Crippen LogP contribution is -2.31. The van der Waals surface area contributed by atoms with Gasteiger partial charge in [-0.05, 0) is 48.9 Å². The van der Waals surface area contributed by atoms with E-state index in [-0.39, 0.29) is 0 Å². The van der Waals surface area contributed by atoms with Crippen LogP contribution in [-0.2, 0) is 0 Å². The SMILES string of the molecule is CCNC(c1ccc(N(C)C)cc1)C1CCCC(C)C1. The number of rotatable bonds is 5. The summed E-state index contributed by atoms with van der Waals surface area (Å²) in [6, 6.07) is 9.63. The lowest BCUT2D eigenvalue weighted by molar-refractivity contribution is 0.225. The van der Waals surface area contributed by atoms with Crippen LogP contribution in [0.3, 0.4) is 0 Å². The Morgan fingerprint density at radius 2 is 1.90 bits per heavy atom. The quantitative estimate of drug-likeness (QED) is 0.864. The molecule has 1 saturated carbocycles. The van der Waals surface area contributed by atoms with Gasteiger partial charge in [0.25, 0.3) is 0 Å². The monoisotopic (exact) mass is 274 g/mol. The van der Waals surface area contributed by atoms with Gasteiger partial charge in [-0.2, -0.15) is 0 Å². The van der Waals surface area contributed by atoms with Crippen molar-refractivity contribution in [3.05, 3.63) is 29.8 Å². The Labute approximate surface area is 124 Å². The maximum Gasteiger partial charge on any atom is 0.0361 e. The molecule has 0 radical (unpaired) electrons. The maximum atomic E-state index is 3.72. The lowest BCUT2D eigenvalue weighted by Gasteiger charge is -2.34. The molecule has 1 fully saturated rings. The lowest BCUT2D eigenvalue weighted by atomic mass is 9.76. The highest BCUT2D eigenvalue weighted by atomic mass is 15.1. The molecular weight excluding hydrogens is 244 g/mol. The van der Waals surface area contributed by atoms with Crippen molar-refractivity contribution >= 4 is 5.69 Å². The zero-order chi connectivity index (χ0) is 14.5. The first kappa shape index (κ1) is 15.4. The number of nitrogens with one attached hydrogen (secondary N) is 1. The van der Waals surface area contributed by atoms with Gasteiger partial charge in [0.1, 0.15) is 0 Å². The number of hydrogen-bond acceptors (Lipinski definition) is 2. The number of nitrogens with zero attached hydrogens (tertiary/aromatic N) is 1. The third-order valence-electron chi connectivity index (χ3n) is 4.64. The van der Waals surface area contributed by atoms with E-state index in [4.69, 9.17) is 0 Å². The van der Waals surface area contributed by atoms with Crippen molar-refractivity contribution in [1.29, 1.82) is 0 Å². The van der Waals surface area contributed by atoms with E-state index in [0.29, 0.717) is 6.04 Å². The highest BCUT2D eigenvalue weighted by Crippen LogP contribution is 2.37. The van der Waals surface area contributed by atoms with Crippen LogP contribution in [0.1, 0.15) is 51.1 Å². The second kappa shape index (κ2) is 7.12. The molecule has 3 unspecified atom stereocenters. The Balaban J connectivity index is 2.14. The number of benzene rings is 1. The summed E-state index contributed by atoms with van der Waals surface area (Å²) in [6.07, 6.45) is 5.54. The molecule has 0 aromatic heterocycles. The van der Waals surface area contributed by atoms with Crippen LogP contribution in [0.4, 0.5) is 5.69 Å². The maximum absolute atomic E-state index is 3.72. The zero-order valence-corrected chi connectivity index (χ0v) is 13.5. The van der Waals surface area contributed by atoms with Crippen LogP contribution in [0.25, 0.3) is 0 Å². The summed E-state index contributed by atoms with van der Waals surface area (Å²) in [4.78, 5) is 2.16. The van der Waals surface area contributed by atoms with Crippen LogP contribution in [0, 0.1) is 11.8 Å². The fraction of sp³-hybridized carbons (Fsp3) is 0.667. The van der Waals surface area contributed by atoms with E-state index in [9.17, 15) is 0 Å². The first-order valence-corrected chi connectivity index (χ1v) is 8.12. The largest absolute Gasteiger partial charge is 0.378 e. The summed E-state index contributed by atoms with van der Waals surface area (Å²) in [5.74, 6) is 1.68. The second-order valence-corrected chi connectivity index (χ2v) is 6.55. The summed E-state index contributed by atoms with van der Waals surface area (Å²) in [6.45, 7) is 5.67. The van der Waals surface area contributed by atoms with Crippen molar-refractivity contribution in [2.75, 3.05) is 25.5 Å². The molecule has 0 saturated heterocycles. The molecule has 0 spiro atoms. The first-order valence-electron chi connectivity index (χ1n) is 8.12. The molecule has 2 nitrogen and oxygen atoms in total. The molecule has 1 aromatic rings. The van der Waals surface area contributed by atoms with E-state index in [1.54, 1.807) is 0 Å². The van der Waals surface area contributed by atoms with Crippen molar-refractivity contribution in [2.24, 2.45) is 11.8 Å². The van der Waals surface area contributed by atoms with Crippen LogP contribution in [0.15, 0.2) is 24.3 Å².